The summed E-state index contributed by atoms with van der Waals surface area (Å²) in [6, 6.07) is 6.29. The molecule has 0 amide bonds. The first-order valence-electron chi connectivity index (χ1n) is 6.51. The van der Waals surface area contributed by atoms with Gasteiger partial charge in [0.15, 0.2) is 5.41 Å². The maximum atomic E-state index is 12.3. The number of carbonyl (C=O) groups is 2. The number of carboxylic acid groups (broad SMARTS) is 1. The smallest absolute Gasteiger partial charge is 0.328 e. The predicted molar refractivity (Wildman–Crippen MR) is 76.9 cm³/mol. The van der Waals surface area contributed by atoms with Crippen LogP contribution in [0.4, 0.5) is 0 Å². The van der Waals surface area contributed by atoms with Crippen LogP contribution in [0.5, 0.6) is 0 Å². The molecule has 4 nitrogen and oxygen atoms in total. The van der Waals surface area contributed by atoms with Crippen LogP contribution in [-0.2, 0) is 19.7 Å². The van der Waals surface area contributed by atoms with E-state index < -0.39 is 17.4 Å². The Hall–Kier alpha value is -1.55. The molecule has 0 heterocycles. The summed E-state index contributed by atoms with van der Waals surface area (Å²) in [7, 11) is 0. The summed E-state index contributed by atoms with van der Waals surface area (Å²) < 4.78 is 5.00. The van der Waals surface area contributed by atoms with E-state index in [4.69, 9.17) is 16.3 Å². The van der Waals surface area contributed by atoms with Crippen molar-refractivity contribution in [2.24, 2.45) is 5.92 Å². The van der Waals surface area contributed by atoms with Gasteiger partial charge in [-0.1, -0.05) is 37.6 Å². The van der Waals surface area contributed by atoms with Crippen LogP contribution in [0.15, 0.2) is 24.3 Å². The number of hydrogen-bond donors (Lipinski definition) is 1. The zero-order chi connectivity index (χ0) is 15.3. The number of benzene rings is 1. The molecule has 0 spiro atoms. The minimum absolute atomic E-state index is 0.0196. The Morgan fingerprint density at radius 1 is 1.30 bits per heavy atom. The van der Waals surface area contributed by atoms with E-state index in [0.29, 0.717) is 10.6 Å². The Bertz CT molecular complexity index is 481. The minimum atomic E-state index is -1.69. The number of ether oxygens (including phenoxy) is 1. The maximum Gasteiger partial charge on any atom is 0.328 e. The summed E-state index contributed by atoms with van der Waals surface area (Å²) in [5.41, 5.74) is -1.30. The van der Waals surface area contributed by atoms with Crippen molar-refractivity contribution >= 4 is 23.5 Å². The topological polar surface area (TPSA) is 63.6 Å². The van der Waals surface area contributed by atoms with Gasteiger partial charge in [0.25, 0.3) is 0 Å². The lowest BCUT2D eigenvalue weighted by molar-refractivity contribution is -0.162. The molecule has 0 saturated heterocycles. The highest BCUT2D eigenvalue weighted by molar-refractivity contribution is 6.30. The van der Waals surface area contributed by atoms with Gasteiger partial charge in [0.1, 0.15) is 0 Å². The first kappa shape index (κ1) is 16.5. The molecule has 5 heteroatoms. The average molecular weight is 299 g/mol. The van der Waals surface area contributed by atoms with Gasteiger partial charge in [0.2, 0.25) is 0 Å². The Labute approximate surface area is 123 Å². The van der Waals surface area contributed by atoms with Crippen molar-refractivity contribution in [2.75, 3.05) is 6.61 Å². The second-order valence-corrected chi connectivity index (χ2v) is 5.47. The summed E-state index contributed by atoms with van der Waals surface area (Å²) in [6.07, 6.45) is 0.169. The third kappa shape index (κ3) is 3.31. The molecule has 0 aliphatic heterocycles. The number of esters is 1. The van der Waals surface area contributed by atoms with E-state index in [1.165, 1.54) is 0 Å². The molecule has 20 heavy (non-hydrogen) atoms. The Balaban J connectivity index is 3.39. The van der Waals surface area contributed by atoms with Gasteiger partial charge in [-0.2, -0.15) is 0 Å². The molecule has 0 bridgehead atoms. The SMILES string of the molecule is CCOC(=O)C(CC(C)C)(C(=O)O)c1ccc(Cl)cc1. The molecule has 1 aromatic rings. The second-order valence-electron chi connectivity index (χ2n) is 5.04. The molecule has 0 radical (unpaired) electrons. The lowest BCUT2D eigenvalue weighted by Crippen LogP contribution is -2.46. The quantitative estimate of drug-likeness (QED) is 0.646. The van der Waals surface area contributed by atoms with Crippen LogP contribution in [-0.4, -0.2) is 23.7 Å². The minimum Gasteiger partial charge on any atom is -0.480 e. The molecule has 1 aromatic carbocycles. The lowest BCUT2D eigenvalue weighted by Gasteiger charge is -2.29. The van der Waals surface area contributed by atoms with Crippen LogP contribution >= 0.6 is 11.6 Å². The third-order valence-corrected chi connectivity index (χ3v) is 3.29. The van der Waals surface area contributed by atoms with Crippen molar-refractivity contribution in [3.05, 3.63) is 34.9 Å². The van der Waals surface area contributed by atoms with Crippen LogP contribution in [0.25, 0.3) is 0 Å². The number of hydrogen-bond acceptors (Lipinski definition) is 3. The molecule has 1 rings (SSSR count). The molecule has 110 valence electrons. The Morgan fingerprint density at radius 3 is 2.25 bits per heavy atom. The zero-order valence-corrected chi connectivity index (χ0v) is 12.6. The van der Waals surface area contributed by atoms with E-state index in [1.54, 1.807) is 31.2 Å². The number of carboxylic acids is 1. The summed E-state index contributed by atoms with van der Waals surface area (Å²) >= 11 is 5.82. The first-order valence-corrected chi connectivity index (χ1v) is 6.89. The van der Waals surface area contributed by atoms with Gasteiger partial charge in [-0.25, -0.2) is 0 Å². The van der Waals surface area contributed by atoms with E-state index in [-0.39, 0.29) is 18.9 Å². The zero-order valence-electron chi connectivity index (χ0n) is 11.9. The van der Waals surface area contributed by atoms with Gasteiger partial charge < -0.3 is 9.84 Å². The number of carbonyl (C=O) groups excluding carboxylic acids is 1. The molecule has 1 atom stereocenters. The van der Waals surface area contributed by atoms with E-state index in [0.717, 1.165) is 0 Å². The summed E-state index contributed by atoms with van der Waals surface area (Å²) in [6.45, 7) is 5.53. The molecule has 1 N–H and O–H groups in total. The number of aliphatic carboxylic acids is 1. The summed E-state index contributed by atoms with van der Waals surface area (Å²) in [4.78, 5) is 24.1. The van der Waals surface area contributed by atoms with Crippen LogP contribution in [0.1, 0.15) is 32.8 Å². The maximum absolute atomic E-state index is 12.3. The number of rotatable bonds is 6. The highest BCUT2D eigenvalue weighted by Crippen LogP contribution is 2.34. The van der Waals surface area contributed by atoms with Crippen molar-refractivity contribution in [2.45, 2.75) is 32.6 Å². The lowest BCUT2D eigenvalue weighted by atomic mass is 9.74. The van der Waals surface area contributed by atoms with Gasteiger partial charge in [-0.3, -0.25) is 9.59 Å². The standard InChI is InChI=1S/C15H19ClO4/c1-4-20-14(19)15(13(17)18,9-10(2)3)11-5-7-12(16)8-6-11/h5-8,10H,4,9H2,1-3H3,(H,17,18). The van der Waals surface area contributed by atoms with Crippen molar-refractivity contribution < 1.29 is 19.4 Å². The van der Waals surface area contributed by atoms with Crippen LogP contribution in [0, 0.1) is 5.92 Å². The fourth-order valence-corrected chi connectivity index (χ4v) is 2.34. The van der Waals surface area contributed by atoms with Crippen molar-refractivity contribution in [1.29, 1.82) is 0 Å². The number of halogens is 1. The fraction of sp³-hybridized carbons (Fsp3) is 0.467. The molecule has 0 aromatic heterocycles. The fourth-order valence-electron chi connectivity index (χ4n) is 2.22. The van der Waals surface area contributed by atoms with Crippen LogP contribution < -0.4 is 0 Å². The first-order chi connectivity index (χ1) is 9.34. The van der Waals surface area contributed by atoms with Gasteiger partial charge in [0, 0.05) is 5.02 Å². The van der Waals surface area contributed by atoms with Gasteiger partial charge in [-0.15, -0.1) is 0 Å². The highest BCUT2D eigenvalue weighted by Gasteiger charge is 2.49. The second kappa shape index (κ2) is 6.75. The van der Waals surface area contributed by atoms with E-state index in [1.807, 2.05) is 13.8 Å². The molecular weight excluding hydrogens is 280 g/mol. The molecule has 0 aliphatic rings. The van der Waals surface area contributed by atoms with Crippen molar-refractivity contribution in [3.63, 3.8) is 0 Å². The molecule has 1 unspecified atom stereocenters. The average Bonchev–Trinajstić information content (AvgIpc) is 2.36. The van der Waals surface area contributed by atoms with E-state index >= 15 is 0 Å². The van der Waals surface area contributed by atoms with Gasteiger partial charge in [0.05, 0.1) is 6.61 Å². The highest BCUT2D eigenvalue weighted by atomic mass is 35.5. The van der Waals surface area contributed by atoms with E-state index in [2.05, 4.69) is 0 Å². The largest absolute Gasteiger partial charge is 0.480 e. The van der Waals surface area contributed by atoms with Crippen molar-refractivity contribution in [3.8, 4) is 0 Å². The molecular formula is C15H19ClO4. The molecule has 0 saturated carbocycles. The molecule has 0 fully saturated rings. The summed E-state index contributed by atoms with van der Waals surface area (Å²) in [5.74, 6) is -1.92. The normalized spacial score (nSPS) is 13.8. The van der Waals surface area contributed by atoms with E-state index in [9.17, 15) is 14.7 Å². The molecule has 0 aliphatic carbocycles. The predicted octanol–water partition coefficient (Wildman–Crippen LogP) is 3.27. The Morgan fingerprint density at radius 2 is 1.85 bits per heavy atom. The monoisotopic (exact) mass is 298 g/mol. The summed E-state index contributed by atoms with van der Waals surface area (Å²) in [5, 5.41) is 10.1. The Kier molecular flexibility index (Phi) is 5.57. The third-order valence-electron chi connectivity index (χ3n) is 3.04. The van der Waals surface area contributed by atoms with Crippen molar-refractivity contribution in [1.82, 2.24) is 0 Å². The van der Waals surface area contributed by atoms with Crippen LogP contribution in [0.2, 0.25) is 5.02 Å². The van der Waals surface area contributed by atoms with Crippen LogP contribution in [0.3, 0.4) is 0 Å². The van der Waals surface area contributed by atoms with Gasteiger partial charge >= 0.3 is 11.9 Å². The van der Waals surface area contributed by atoms with Gasteiger partial charge in [-0.05, 0) is 37.0 Å².